The number of ether oxygens (including phenoxy) is 1. The fourth-order valence-electron chi connectivity index (χ4n) is 1.83. The van der Waals surface area contributed by atoms with Gasteiger partial charge in [-0.25, -0.2) is 0 Å². The van der Waals surface area contributed by atoms with Crippen molar-refractivity contribution < 1.29 is 4.74 Å². The molecule has 1 fully saturated rings. The summed E-state index contributed by atoms with van der Waals surface area (Å²) >= 11 is 0. The third kappa shape index (κ3) is 4.10. The molecule has 1 aliphatic carbocycles. The zero-order chi connectivity index (χ0) is 8.65. The van der Waals surface area contributed by atoms with Gasteiger partial charge < -0.3 is 4.74 Å². The van der Waals surface area contributed by atoms with Gasteiger partial charge in [-0.05, 0) is 19.3 Å². The minimum atomic E-state index is 0.607. The molecule has 1 saturated carbocycles. The zero-order valence-electron chi connectivity index (χ0n) is 8.35. The highest BCUT2D eigenvalue weighted by molar-refractivity contribution is 4.64. The lowest BCUT2D eigenvalue weighted by atomic mass is 9.98. The molecule has 0 radical (unpaired) electrons. The van der Waals surface area contributed by atoms with Crippen LogP contribution in [-0.4, -0.2) is 12.7 Å². The summed E-state index contributed by atoms with van der Waals surface area (Å²) < 4.78 is 5.78. The summed E-state index contributed by atoms with van der Waals surface area (Å²) in [5, 5.41) is 0. The average Bonchev–Trinajstić information content (AvgIpc) is 2.14. The molecule has 0 spiro atoms. The summed E-state index contributed by atoms with van der Waals surface area (Å²) in [6, 6.07) is 0. The topological polar surface area (TPSA) is 9.23 Å². The smallest absolute Gasteiger partial charge is 0.0575 e. The monoisotopic (exact) mass is 170 g/mol. The highest BCUT2D eigenvalue weighted by Gasteiger charge is 2.12. The quantitative estimate of drug-likeness (QED) is 0.573. The largest absolute Gasteiger partial charge is 0.378 e. The second-order valence-corrected chi connectivity index (χ2v) is 3.84. The van der Waals surface area contributed by atoms with Crippen LogP contribution in [0.3, 0.4) is 0 Å². The fourth-order valence-corrected chi connectivity index (χ4v) is 1.83. The Morgan fingerprint density at radius 3 is 2.50 bits per heavy atom. The van der Waals surface area contributed by atoms with E-state index in [1.165, 1.54) is 51.4 Å². The predicted molar refractivity (Wildman–Crippen MR) is 52.4 cm³/mol. The molecule has 0 unspecified atom stereocenters. The van der Waals surface area contributed by atoms with Crippen LogP contribution in [0.1, 0.15) is 58.3 Å². The summed E-state index contributed by atoms with van der Waals surface area (Å²) in [4.78, 5) is 0. The molecule has 1 nitrogen and oxygen atoms in total. The first-order valence-corrected chi connectivity index (χ1v) is 5.55. The van der Waals surface area contributed by atoms with Gasteiger partial charge in [-0.3, -0.25) is 0 Å². The second-order valence-electron chi connectivity index (χ2n) is 3.84. The third-order valence-corrected chi connectivity index (χ3v) is 2.65. The van der Waals surface area contributed by atoms with Gasteiger partial charge >= 0.3 is 0 Å². The Kier molecular flexibility index (Phi) is 5.42. The second kappa shape index (κ2) is 6.47. The van der Waals surface area contributed by atoms with Crippen LogP contribution < -0.4 is 0 Å². The minimum absolute atomic E-state index is 0.607. The van der Waals surface area contributed by atoms with E-state index in [2.05, 4.69) is 6.92 Å². The standard InChI is InChI=1S/C11H22O/c1-2-3-7-10-12-11-8-5-4-6-9-11/h11H,2-10H2,1H3. The van der Waals surface area contributed by atoms with Crippen molar-refractivity contribution in [3.8, 4) is 0 Å². The molecule has 0 aromatic heterocycles. The molecule has 0 N–H and O–H groups in total. The van der Waals surface area contributed by atoms with Gasteiger partial charge in [-0.15, -0.1) is 0 Å². The first-order valence-electron chi connectivity index (χ1n) is 5.55. The first kappa shape index (κ1) is 10.0. The molecule has 0 heterocycles. The van der Waals surface area contributed by atoms with Gasteiger partial charge in [0.1, 0.15) is 0 Å². The van der Waals surface area contributed by atoms with E-state index < -0.39 is 0 Å². The van der Waals surface area contributed by atoms with Gasteiger partial charge in [-0.2, -0.15) is 0 Å². The molecule has 1 aliphatic rings. The number of rotatable bonds is 5. The van der Waals surface area contributed by atoms with Crippen LogP contribution >= 0.6 is 0 Å². The molecule has 1 heteroatoms. The molecule has 0 aliphatic heterocycles. The Bertz CT molecular complexity index is 95.2. The zero-order valence-corrected chi connectivity index (χ0v) is 8.35. The molecule has 0 bridgehead atoms. The lowest BCUT2D eigenvalue weighted by Gasteiger charge is -2.21. The number of hydrogen-bond acceptors (Lipinski definition) is 1. The summed E-state index contributed by atoms with van der Waals surface area (Å²) in [6.45, 7) is 3.24. The number of hydrogen-bond donors (Lipinski definition) is 0. The molecule has 1 rings (SSSR count). The lowest BCUT2D eigenvalue weighted by molar-refractivity contribution is 0.0264. The Hall–Kier alpha value is -0.0400. The van der Waals surface area contributed by atoms with Crippen LogP contribution in [0.4, 0.5) is 0 Å². The molecular formula is C11H22O. The average molecular weight is 170 g/mol. The Morgan fingerprint density at radius 1 is 1.08 bits per heavy atom. The molecule has 0 aromatic carbocycles. The maximum Gasteiger partial charge on any atom is 0.0575 e. The predicted octanol–water partition coefficient (Wildman–Crippen LogP) is 3.53. The van der Waals surface area contributed by atoms with Crippen LogP contribution in [0.2, 0.25) is 0 Å². The van der Waals surface area contributed by atoms with Crippen molar-refractivity contribution >= 4 is 0 Å². The van der Waals surface area contributed by atoms with Crippen LogP contribution in [0.25, 0.3) is 0 Å². The van der Waals surface area contributed by atoms with E-state index in [9.17, 15) is 0 Å². The van der Waals surface area contributed by atoms with Crippen LogP contribution in [0, 0.1) is 0 Å². The third-order valence-electron chi connectivity index (χ3n) is 2.65. The first-order chi connectivity index (χ1) is 5.93. The van der Waals surface area contributed by atoms with Crippen molar-refractivity contribution in [2.45, 2.75) is 64.4 Å². The maximum absolute atomic E-state index is 5.78. The normalized spacial score (nSPS) is 19.8. The molecule has 0 aromatic rings. The van der Waals surface area contributed by atoms with Gasteiger partial charge in [0.05, 0.1) is 6.10 Å². The highest BCUT2D eigenvalue weighted by atomic mass is 16.5. The van der Waals surface area contributed by atoms with E-state index in [-0.39, 0.29) is 0 Å². The van der Waals surface area contributed by atoms with E-state index in [1.54, 1.807) is 0 Å². The van der Waals surface area contributed by atoms with Crippen molar-refractivity contribution in [1.29, 1.82) is 0 Å². The molecule has 12 heavy (non-hydrogen) atoms. The summed E-state index contributed by atoms with van der Waals surface area (Å²) in [6.07, 6.45) is 11.3. The van der Waals surface area contributed by atoms with Crippen LogP contribution in [0.15, 0.2) is 0 Å². The van der Waals surface area contributed by atoms with Gasteiger partial charge in [0, 0.05) is 6.61 Å². The highest BCUT2D eigenvalue weighted by Crippen LogP contribution is 2.20. The van der Waals surface area contributed by atoms with Crippen molar-refractivity contribution in [3.63, 3.8) is 0 Å². The van der Waals surface area contributed by atoms with E-state index >= 15 is 0 Å². The Balaban J connectivity index is 1.91. The van der Waals surface area contributed by atoms with Gasteiger partial charge in [-0.1, -0.05) is 39.0 Å². The van der Waals surface area contributed by atoms with Crippen molar-refractivity contribution in [2.75, 3.05) is 6.61 Å². The number of unbranched alkanes of at least 4 members (excludes halogenated alkanes) is 2. The van der Waals surface area contributed by atoms with Crippen molar-refractivity contribution in [2.24, 2.45) is 0 Å². The van der Waals surface area contributed by atoms with E-state index in [0.29, 0.717) is 6.10 Å². The van der Waals surface area contributed by atoms with Crippen molar-refractivity contribution in [3.05, 3.63) is 0 Å². The molecule has 0 amide bonds. The fraction of sp³-hybridized carbons (Fsp3) is 1.00. The summed E-state index contributed by atoms with van der Waals surface area (Å²) in [5.41, 5.74) is 0. The van der Waals surface area contributed by atoms with E-state index in [1.807, 2.05) is 0 Å². The van der Waals surface area contributed by atoms with E-state index in [0.717, 1.165) is 6.61 Å². The molecular weight excluding hydrogens is 148 g/mol. The molecule has 72 valence electrons. The van der Waals surface area contributed by atoms with E-state index in [4.69, 9.17) is 4.74 Å². The maximum atomic E-state index is 5.78. The Labute approximate surface area is 76.5 Å². The van der Waals surface area contributed by atoms with Gasteiger partial charge in [0.25, 0.3) is 0 Å². The van der Waals surface area contributed by atoms with Crippen LogP contribution in [-0.2, 0) is 4.74 Å². The lowest BCUT2D eigenvalue weighted by Crippen LogP contribution is -2.17. The van der Waals surface area contributed by atoms with Crippen LogP contribution in [0.5, 0.6) is 0 Å². The summed E-state index contributed by atoms with van der Waals surface area (Å²) in [7, 11) is 0. The SMILES string of the molecule is CCCCCOC1CCCCC1. The molecule has 0 saturated heterocycles. The molecule has 0 atom stereocenters. The van der Waals surface area contributed by atoms with Gasteiger partial charge in [0.2, 0.25) is 0 Å². The Morgan fingerprint density at radius 2 is 1.83 bits per heavy atom. The van der Waals surface area contributed by atoms with Crippen molar-refractivity contribution in [1.82, 2.24) is 0 Å². The minimum Gasteiger partial charge on any atom is -0.378 e. The van der Waals surface area contributed by atoms with Gasteiger partial charge in [0.15, 0.2) is 0 Å². The summed E-state index contributed by atoms with van der Waals surface area (Å²) in [5.74, 6) is 0.